The Kier molecular flexibility index (Phi) is 3.96. The molecular formula is C17H19F3N6. The van der Waals surface area contributed by atoms with Crippen LogP contribution in [0.25, 0.3) is 0 Å². The summed E-state index contributed by atoms with van der Waals surface area (Å²) in [6.07, 6.45) is -2.86. The first-order chi connectivity index (χ1) is 12.3. The van der Waals surface area contributed by atoms with Crippen LogP contribution in [0.4, 0.5) is 24.8 Å². The summed E-state index contributed by atoms with van der Waals surface area (Å²) in [4.78, 5) is 13.0. The van der Waals surface area contributed by atoms with Crippen molar-refractivity contribution in [3.05, 3.63) is 35.4 Å². The third-order valence-corrected chi connectivity index (χ3v) is 5.36. The van der Waals surface area contributed by atoms with Crippen LogP contribution >= 0.6 is 0 Å². The van der Waals surface area contributed by atoms with Gasteiger partial charge in [0.1, 0.15) is 12.1 Å². The summed E-state index contributed by atoms with van der Waals surface area (Å²) in [6, 6.07) is 2.41. The van der Waals surface area contributed by atoms with E-state index in [1.165, 1.54) is 6.07 Å². The van der Waals surface area contributed by atoms with Crippen LogP contribution < -0.4 is 9.80 Å². The fourth-order valence-corrected chi connectivity index (χ4v) is 3.84. The molecule has 0 aromatic carbocycles. The van der Waals surface area contributed by atoms with Crippen molar-refractivity contribution in [1.82, 2.24) is 20.2 Å². The molecule has 2 aromatic heterocycles. The van der Waals surface area contributed by atoms with Gasteiger partial charge in [0.25, 0.3) is 0 Å². The van der Waals surface area contributed by atoms with E-state index in [0.717, 1.165) is 49.3 Å². The van der Waals surface area contributed by atoms with Crippen molar-refractivity contribution in [1.29, 1.82) is 0 Å². The molecule has 0 spiro atoms. The molecule has 2 aliphatic rings. The summed E-state index contributed by atoms with van der Waals surface area (Å²) < 4.78 is 37.9. The minimum atomic E-state index is -4.46. The second kappa shape index (κ2) is 6.07. The maximum absolute atomic E-state index is 12.6. The lowest BCUT2D eigenvalue weighted by Gasteiger charge is -2.24. The maximum Gasteiger partial charge on any atom is 0.435 e. The fraction of sp³-hybridized carbons (Fsp3) is 0.529. The van der Waals surface area contributed by atoms with Gasteiger partial charge in [-0.1, -0.05) is 0 Å². The Labute approximate surface area is 149 Å². The van der Waals surface area contributed by atoms with E-state index in [4.69, 9.17) is 0 Å². The predicted molar refractivity (Wildman–Crippen MR) is 89.9 cm³/mol. The van der Waals surface area contributed by atoms with Crippen molar-refractivity contribution in [3.8, 4) is 0 Å². The van der Waals surface area contributed by atoms with Crippen LogP contribution in [0.1, 0.15) is 17.0 Å². The quantitative estimate of drug-likeness (QED) is 0.816. The molecule has 9 heteroatoms. The number of fused-ring (bicyclic) bond motifs is 1. The van der Waals surface area contributed by atoms with Gasteiger partial charge in [-0.2, -0.15) is 13.2 Å². The van der Waals surface area contributed by atoms with Crippen molar-refractivity contribution >= 4 is 11.6 Å². The van der Waals surface area contributed by atoms with Gasteiger partial charge in [0, 0.05) is 49.3 Å². The zero-order valence-electron chi connectivity index (χ0n) is 14.5. The minimum Gasteiger partial charge on any atom is -0.356 e. The first-order valence-electron chi connectivity index (χ1n) is 8.52. The molecule has 2 aliphatic heterocycles. The van der Waals surface area contributed by atoms with Gasteiger partial charge in [0.05, 0.1) is 0 Å². The molecule has 4 rings (SSSR count). The fourth-order valence-electron chi connectivity index (χ4n) is 3.84. The van der Waals surface area contributed by atoms with E-state index < -0.39 is 11.9 Å². The Hall–Kier alpha value is -2.45. The van der Waals surface area contributed by atoms with Crippen LogP contribution in [0, 0.1) is 25.7 Å². The first kappa shape index (κ1) is 17.0. The SMILES string of the molecule is Cc1ncnc(N2CC3CN(c4ccc(C(F)(F)F)nn4)CC3C2)c1C. The summed E-state index contributed by atoms with van der Waals surface area (Å²) in [7, 11) is 0. The largest absolute Gasteiger partial charge is 0.435 e. The van der Waals surface area contributed by atoms with Gasteiger partial charge in [-0.25, -0.2) is 9.97 Å². The molecule has 2 fully saturated rings. The highest BCUT2D eigenvalue weighted by molar-refractivity contribution is 5.50. The zero-order valence-corrected chi connectivity index (χ0v) is 14.5. The molecule has 2 saturated heterocycles. The number of hydrogen-bond acceptors (Lipinski definition) is 6. The average molecular weight is 364 g/mol. The molecule has 0 bridgehead atoms. The van der Waals surface area contributed by atoms with Gasteiger partial charge in [-0.3, -0.25) is 0 Å². The Morgan fingerprint density at radius 1 is 0.923 bits per heavy atom. The smallest absolute Gasteiger partial charge is 0.356 e. The molecule has 0 N–H and O–H groups in total. The lowest BCUT2D eigenvalue weighted by molar-refractivity contribution is -0.141. The van der Waals surface area contributed by atoms with E-state index in [1.54, 1.807) is 6.33 Å². The monoisotopic (exact) mass is 364 g/mol. The van der Waals surface area contributed by atoms with E-state index in [1.807, 2.05) is 18.7 Å². The molecule has 26 heavy (non-hydrogen) atoms. The van der Waals surface area contributed by atoms with Crippen LogP contribution in [-0.2, 0) is 6.18 Å². The standard InChI is InChI=1S/C17H19F3N6/c1-10-11(2)21-9-22-16(10)26-7-12-5-25(6-13(12)8-26)15-4-3-14(23-24-15)17(18,19)20/h3-4,9,12-13H,5-8H2,1-2H3. The van der Waals surface area contributed by atoms with Crippen LogP contribution in [-0.4, -0.2) is 46.3 Å². The Morgan fingerprint density at radius 2 is 1.58 bits per heavy atom. The molecule has 2 unspecified atom stereocenters. The number of alkyl halides is 3. The van der Waals surface area contributed by atoms with Gasteiger partial charge in [0.2, 0.25) is 0 Å². The third kappa shape index (κ3) is 2.95. The van der Waals surface area contributed by atoms with Gasteiger partial charge >= 0.3 is 6.18 Å². The third-order valence-electron chi connectivity index (χ3n) is 5.36. The highest BCUT2D eigenvalue weighted by Gasteiger charge is 2.41. The molecule has 0 saturated carbocycles. The summed E-state index contributed by atoms with van der Waals surface area (Å²) in [5.41, 5.74) is 1.12. The topological polar surface area (TPSA) is 58.0 Å². The van der Waals surface area contributed by atoms with E-state index in [-0.39, 0.29) is 0 Å². The number of rotatable bonds is 2. The van der Waals surface area contributed by atoms with Gasteiger partial charge in [-0.05, 0) is 26.0 Å². The van der Waals surface area contributed by atoms with Crippen molar-refractivity contribution in [2.75, 3.05) is 36.0 Å². The van der Waals surface area contributed by atoms with E-state index >= 15 is 0 Å². The van der Waals surface area contributed by atoms with Crippen molar-refractivity contribution < 1.29 is 13.2 Å². The number of halogens is 3. The molecular weight excluding hydrogens is 345 g/mol. The molecule has 6 nitrogen and oxygen atoms in total. The highest BCUT2D eigenvalue weighted by atomic mass is 19.4. The molecule has 0 amide bonds. The Bertz CT molecular complexity index is 793. The molecule has 4 heterocycles. The lowest BCUT2D eigenvalue weighted by atomic mass is 10.0. The number of hydrogen-bond donors (Lipinski definition) is 0. The Balaban J connectivity index is 1.44. The van der Waals surface area contributed by atoms with Crippen molar-refractivity contribution in [2.24, 2.45) is 11.8 Å². The van der Waals surface area contributed by atoms with Crippen LogP contribution in [0.5, 0.6) is 0 Å². The van der Waals surface area contributed by atoms with Crippen molar-refractivity contribution in [3.63, 3.8) is 0 Å². The summed E-state index contributed by atoms with van der Waals surface area (Å²) in [5, 5.41) is 7.11. The van der Waals surface area contributed by atoms with E-state index in [0.29, 0.717) is 17.7 Å². The Morgan fingerprint density at radius 3 is 2.15 bits per heavy atom. The highest BCUT2D eigenvalue weighted by Crippen LogP contribution is 2.36. The lowest BCUT2D eigenvalue weighted by Crippen LogP contribution is -2.30. The summed E-state index contributed by atoms with van der Waals surface area (Å²) in [5.74, 6) is 2.36. The molecule has 138 valence electrons. The van der Waals surface area contributed by atoms with Crippen LogP contribution in [0.2, 0.25) is 0 Å². The number of aryl methyl sites for hydroxylation is 1. The second-order valence-corrected chi connectivity index (χ2v) is 7.01. The first-order valence-corrected chi connectivity index (χ1v) is 8.52. The van der Waals surface area contributed by atoms with Gasteiger partial charge in [-0.15, -0.1) is 10.2 Å². The average Bonchev–Trinajstić information content (AvgIpc) is 3.15. The summed E-state index contributed by atoms with van der Waals surface area (Å²) in [6.45, 7) is 7.30. The van der Waals surface area contributed by atoms with Crippen molar-refractivity contribution in [2.45, 2.75) is 20.0 Å². The number of aromatic nitrogens is 4. The molecule has 0 aliphatic carbocycles. The molecule has 0 radical (unpaired) electrons. The van der Waals surface area contributed by atoms with Crippen LogP contribution in [0.3, 0.4) is 0 Å². The maximum atomic E-state index is 12.6. The van der Waals surface area contributed by atoms with E-state index in [9.17, 15) is 13.2 Å². The molecule has 2 atom stereocenters. The molecule has 2 aromatic rings. The van der Waals surface area contributed by atoms with Gasteiger partial charge < -0.3 is 9.80 Å². The normalized spacial score (nSPS) is 22.8. The second-order valence-electron chi connectivity index (χ2n) is 7.01. The number of anilines is 2. The predicted octanol–water partition coefficient (Wildman–Crippen LogP) is 2.47. The van der Waals surface area contributed by atoms with E-state index in [2.05, 4.69) is 25.1 Å². The zero-order chi connectivity index (χ0) is 18.5. The van der Waals surface area contributed by atoms with Crippen LogP contribution in [0.15, 0.2) is 18.5 Å². The van der Waals surface area contributed by atoms with Gasteiger partial charge in [0.15, 0.2) is 11.5 Å². The number of nitrogens with zero attached hydrogens (tertiary/aromatic N) is 6. The summed E-state index contributed by atoms with van der Waals surface area (Å²) >= 11 is 0. The minimum absolute atomic E-state index is 0.439.